The molecule has 0 spiro atoms. The van der Waals surface area contributed by atoms with Gasteiger partial charge in [-0.1, -0.05) is 256 Å². The lowest BCUT2D eigenvalue weighted by molar-refractivity contribution is 0.590. The van der Waals surface area contributed by atoms with Gasteiger partial charge in [0.1, 0.15) is 0 Å². The van der Waals surface area contributed by atoms with Crippen LogP contribution in [0.15, 0.2) is 291 Å². The summed E-state index contributed by atoms with van der Waals surface area (Å²) in [7, 11) is 0. The van der Waals surface area contributed by atoms with Gasteiger partial charge in [-0.15, -0.1) is 0 Å². The fraction of sp³-hybridized carbons (Fsp3) is 0.133. The molecule has 2 aliphatic rings. The van der Waals surface area contributed by atoms with Crippen LogP contribution in [0, 0.1) is 0 Å². The first-order chi connectivity index (χ1) is 46.0. The average Bonchev–Trinajstić information content (AvgIpc) is 1.12. The van der Waals surface area contributed by atoms with E-state index < -0.39 is 0 Å². The molecule has 15 aromatic rings. The highest BCUT2D eigenvalue weighted by molar-refractivity contribution is 7.00. The summed E-state index contributed by atoms with van der Waals surface area (Å²) in [4.78, 5) is 5.35. The van der Waals surface area contributed by atoms with E-state index in [0.29, 0.717) is 0 Å². The van der Waals surface area contributed by atoms with Crippen LogP contribution in [0.2, 0.25) is 0 Å². The molecule has 0 saturated carbocycles. The number of para-hydroxylation sites is 4. The Labute approximate surface area is 558 Å². The quantitative estimate of drug-likeness (QED) is 0.141. The molecule has 0 unspecified atom stereocenters. The Kier molecular flexibility index (Phi) is 13.3. The first kappa shape index (κ1) is 58.0. The molecule has 0 amide bonds. The Morgan fingerprint density at radius 2 is 0.579 bits per heavy atom. The smallest absolute Gasteiger partial charge is 0.252 e. The van der Waals surface area contributed by atoms with Gasteiger partial charge < -0.3 is 18.9 Å². The predicted octanol–water partition coefficient (Wildman–Crippen LogP) is 22.5. The van der Waals surface area contributed by atoms with Crippen molar-refractivity contribution < 1.29 is 0 Å². The number of rotatable bonds is 8. The van der Waals surface area contributed by atoms with E-state index in [9.17, 15) is 0 Å². The number of anilines is 6. The highest BCUT2D eigenvalue weighted by atomic mass is 15.2. The minimum absolute atomic E-state index is 0.132. The lowest BCUT2D eigenvalue weighted by Gasteiger charge is -2.46. The molecule has 0 atom stereocenters. The summed E-state index contributed by atoms with van der Waals surface area (Å²) < 4.78 is 4.99. The maximum absolute atomic E-state index is 2.68. The minimum atomic E-state index is -0.277. The van der Waals surface area contributed by atoms with Crippen LogP contribution in [-0.4, -0.2) is 15.8 Å². The van der Waals surface area contributed by atoms with E-state index in [-0.39, 0.29) is 23.0 Å². The van der Waals surface area contributed by atoms with Crippen molar-refractivity contribution in [2.75, 3.05) is 9.80 Å². The van der Waals surface area contributed by atoms with Crippen molar-refractivity contribution in [2.45, 2.75) is 78.6 Å². The van der Waals surface area contributed by atoms with Gasteiger partial charge in [-0.25, -0.2) is 0 Å². The molecule has 2 aromatic heterocycles. The second-order valence-electron chi connectivity index (χ2n) is 29.4. The third-order valence-corrected chi connectivity index (χ3v) is 20.3. The monoisotopic (exact) mass is 1220 g/mol. The van der Waals surface area contributed by atoms with Crippen molar-refractivity contribution in [1.82, 2.24) is 9.13 Å². The second-order valence-corrected chi connectivity index (χ2v) is 29.4. The molecule has 0 saturated heterocycles. The first-order valence-electron chi connectivity index (χ1n) is 33.7. The Bertz CT molecular complexity index is 5130. The average molecular weight is 1220 g/mol. The molecule has 13 aromatic carbocycles. The van der Waals surface area contributed by atoms with Crippen molar-refractivity contribution in [3.63, 3.8) is 0 Å². The van der Waals surface area contributed by atoms with Gasteiger partial charge in [-0.3, -0.25) is 0 Å². The van der Waals surface area contributed by atoms with Gasteiger partial charge in [0.15, 0.2) is 0 Å². The Morgan fingerprint density at radius 3 is 0.947 bits per heavy atom. The third kappa shape index (κ3) is 9.57. The lowest BCUT2D eigenvalue weighted by atomic mass is 9.33. The van der Waals surface area contributed by atoms with Crippen molar-refractivity contribution >= 4 is 101 Å². The molecule has 4 heterocycles. The molecule has 2 aliphatic heterocycles. The van der Waals surface area contributed by atoms with E-state index in [4.69, 9.17) is 0 Å². The SMILES string of the molecule is CC(C)(C)c1ccc(N2c3cc(-n4c5ccccc5c5ccccc54)ccc3B3c4ccc(-n5c6ccccc6c6ccccc65)cc4N(c4ccc(C(C)(C)C)cc4-c4cccc(-c5ccccc5)c4)c4cc(C(C)(C)C)cc2c43)c(-c2cccc(-c3ccccc3)c2)c1. The normalized spacial score (nSPS) is 13.0. The van der Waals surface area contributed by atoms with Gasteiger partial charge in [-0.05, 0) is 180 Å². The van der Waals surface area contributed by atoms with Crippen molar-refractivity contribution in [3.8, 4) is 55.9 Å². The van der Waals surface area contributed by atoms with Crippen LogP contribution in [0.1, 0.15) is 79.0 Å². The van der Waals surface area contributed by atoms with Crippen LogP contribution in [0.3, 0.4) is 0 Å². The van der Waals surface area contributed by atoms with Gasteiger partial charge in [0.25, 0.3) is 6.71 Å². The van der Waals surface area contributed by atoms with Gasteiger partial charge in [-0.2, -0.15) is 0 Å². The van der Waals surface area contributed by atoms with E-state index in [1.54, 1.807) is 0 Å². The van der Waals surface area contributed by atoms with Crippen molar-refractivity contribution in [1.29, 1.82) is 0 Å². The minimum Gasteiger partial charge on any atom is -0.311 e. The highest BCUT2D eigenvalue weighted by Crippen LogP contribution is 2.52. The van der Waals surface area contributed by atoms with Crippen LogP contribution in [0.25, 0.3) is 99.5 Å². The highest BCUT2D eigenvalue weighted by Gasteiger charge is 2.46. The molecule has 0 aliphatic carbocycles. The Balaban J connectivity index is 1.01. The zero-order valence-corrected chi connectivity index (χ0v) is 55.6. The van der Waals surface area contributed by atoms with E-state index in [0.717, 1.165) is 34.1 Å². The number of fused-ring (bicyclic) bond motifs is 10. The number of hydrogen-bond donors (Lipinski definition) is 0. The maximum Gasteiger partial charge on any atom is 0.252 e. The summed E-state index contributed by atoms with van der Waals surface area (Å²) >= 11 is 0. The zero-order valence-electron chi connectivity index (χ0n) is 55.6. The topological polar surface area (TPSA) is 16.3 Å². The van der Waals surface area contributed by atoms with Gasteiger partial charge in [0.2, 0.25) is 0 Å². The summed E-state index contributed by atoms with van der Waals surface area (Å²) in [5.74, 6) is 0. The number of benzene rings is 13. The summed E-state index contributed by atoms with van der Waals surface area (Å²) in [6.07, 6.45) is 0. The molecular formula is C90H75BN4. The standard InChI is InChI=1S/C90H75BN4/c1-88(2,3)64-42-48-81(73(52-64)62-32-24-30-60(50-62)58-26-12-10-13-27-58)94-83-56-67(92-77-38-20-16-34-69(77)70-35-17-21-39-78(70)92)44-46-75(83)91-76-47-45-68(93-79-40-22-18-36-71(79)72-37-19-23-41-80(72)93)57-84(76)95(86-55-66(90(7,8)9)54-85(94)87(86)91)82-49-43-65(89(4,5)6)53-74(82)63-33-25-31-61(51-63)59-28-14-11-15-29-59/h10-57H,1-9H3. The lowest BCUT2D eigenvalue weighted by Crippen LogP contribution is -2.61. The van der Waals surface area contributed by atoms with Gasteiger partial charge in [0.05, 0.1) is 33.4 Å². The molecule has 0 bridgehead atoms. The van der Waals surface area contributed by atoms with Crippen LogP contribution in [0.5, 0.6) is 0 Å². The first-order valence-corrected chi connectivity index (χ1v) is 33.7. The Hall–Kier alpha value is -10.9. The fourth-order valence-electron chi connectivity index (χ4n) is 15.4. The molecule has 0 N–H and O–H groups in total. The van der Waals surface area contributed by atoms with Crippen LogP contribution in [-0.2, 0) is 16.2 Å². The molecule has 5 heteroatoms. The van der Waals surface area contributed by atoms with Crippen LogP contribution < -0.4 is 26.2 Å². The fourth-order valence-corrected chi connectivity index (χ4v) is 15.4. The molecule has 4 nitrogen and oxygen atoms in total. The number of hydrogen-bond acceptors (Lipinski definition) is 2. The molecular weight excluding hydrogens is 1150 g/mol. The Morgan fingerprint density at radius 1 is 0.242 bits per heavy atom. The largest absolute Gasteiger partial charge is 0.311 e. The molecule has 17 rings (SSSR count). The zero-order chi connectivity index (χ0) is 64.6. The summed E-state index contributed by atoms with van der Waals surface area (Å²) in [6, 6.07) is 110. The van der Waals surface area contributed by atoms with Crippen molar-refractivity contribution in [3.05, 3.63) is 308 Å². The summed E-state index contributed by atoms with van der Waals surface area (Å²) in [6.45, 7) is 21.0. The van der Waals surface area contributed by atoms with Crippen molar-refractivity contribution in [2.24, 2.45) is 0 Å². The van der Waals surface area contributed by atoms with Gasteiger partial charge in [0, 0.05) is 66.8 Å². The van der Waals surface area contributed by atoms with E-state index in [1.807, 2.05) is 0 Å². The van der Waals surface area contributed by atoms with Gasteiger partial charge >= 0.3 is 0 Å². The maximum atomic E-state index is 2.68. The van der Waals surface area contributed by atoms with E-state index in [1.165, 1.54) is 133 Å². The summed E-state index contributed by atoms with van der Waals surface area (Å²) in [5.41, 5.74) is 30.4. The molecule has 0 fully saturated rings. The van der Waals surface area contributed by atoms with E-state index in [2.05, 4.69) is 372 Å². The summed E-state index contributed by atoms with van der Waals surface area (Å²) in [5, 5.41) is 4.96. The molecule has 458 valence electrons. The second kappa shape index (κ2) is 21.9. The molecule has 0 radical (unpaired) electrons. The van der Waals surface area contributed by atoms with Crippen LogP contribution >= 0.6 is 0 Å². The van der Waals surface area contributed by atoms with Crippen LogP contribution in [0.4, 0.5) is 34.1 Å². The molecule has 95 heavy (non-hydrogen) atoms. The number of nitrogens with zero attached hydrogens (tertiary/aromatic N) is 4. The number of aromatic nitrogens is 2. The predicted molar refractivity (Wildman–Crippen MR) is 407 cm³/mol. The van der Waals surface area contributed by atoms with E-state index >= 15 is 0 Å². The third-order valence-electron chi connectivity index (χ3n) is 20.3.